The summed E-state index contributed by atoms with van der Waals surface area (Å²) in [6.45, 7) is 1.63. The van der Waals surface area contributed by atoms with Crippen molar-refractivity contribution in [2.45, 2.75) is 57.5 Å². The summed E-state index contributed by atoms with van der Waals surface area (Å²) < 4.78 is 26.0. The van der Waals surface area contributed by atoms with Gasteiger partial charge >= 0.3 is 0 Å². The fourth-order valence-electron chi connectivity index (χ4n) is 3.88. The highest BCUT2D eigenvalue weighted by molar-refractivity contribution is 7.07. The lowest BCUT2D eigenvalue weighted by Gasteiger charge is -2.34. The van der Waals surface area contributed by atoms with Crippen LogP contribution >= 0.6 is 11.3 Å². The zero-order valence-corrected chi connectivity index (χ0v) is 19.6. The van der Waals surface area contributed by atoms with E-state index in [9.17, 15) is 28.0 Å². The van der Waals surface area contributed by atoms with Crippen molar-refractivity contribution in [1.82, 2.24) is 15.6 Å². The maximum atomic E-state index is 13.0. The van der Waals surface area contributed by atoms with Crippen LogP contribution in [-0.4, -0.2) is 40.3 Å². The van der Waals surface area contributed by atoms with Crippen molar-refractivity contribution in [3.05, 3.63) is 52.5 Å². The van der Waals surface area contributed by atoms with E-state index in [4.69, 9.17) is 0 Å². The zero-order chi connectivity index (χ0) is 24.7. The van der Waals surface area contributed by atoms with Crippen LogP contribution in [0.4, 0.5) is 8.78 Å². The molecule has 7 nitrogen and oxygen atoms in total. The van der Waals surface area contributed by atoms with Gasteiger partial charge in [-0.1, -0.05) is 37.3 Å². The van der Waals surface area contributed by atoms with Crippen LogP contribution in [0.5, 0.6) is 0 Å². The number of hydrogen-bond acceptors (Lipinski definition) is 6. The van der Waals surface area contributed by atoms with Gasteiger partial charge in [0.05, 0.1) is 17.7 Å². The first-order chi connectivity index (χ1) is 16.1. The number of aromatic nitrogens is 1. The fraction of sp³-hybridized carbons (Fsp3) is 0.458. The molecule has 0 spiro atoms. The monoisotopic (exact) mass is 491 g/mol. The van der Waals surface area contributed by atoms with Crippen molar-refractivity contribution < 1.29 is 28.0 Å². The number of carbonyl (C=O) groups excluding carboxylic acids is 4. The van der Waals surface area contributed by atoms with Crippen LogP contribution in [0.1, 0.15) is 43.9 Å². The minimum atomic E-state index is -2.70. The first-order valence-corrected chi connectivity index (χ1v) is 12.0. The molecule has 0 radical (unpaired) electrons. The topological polar surface area (TPSA) is 105 Å². The number of carbonyl (C=O) groups is 4. The maximum absolute atomic E-state index is 13.0. The number of Topliss-reactive ketones (excluding diaryl/α,β-unsaturated/α-hetero) is 2. The Morgan fingerprint density at radius 2 is 1.88 bits per heavy atom. The molecule has 1 aliphatic rings. The predicted molar refractivity (Wildman–Crippen MR) is 122 cm³/mol. The van der Waals surface area contributed by atoms with E-state index in [1.165, 1.54) is 18.3 Å². The van der Waals surface area contributed by atoms with E-state index in [0.29, 0.717) is 5.69 Å². The number of ketones is 2. The number of thiazole rings is 1. The van der Waals surface area contributed by atoms with Gasteiger partial charge in [0.15, 0.2) is 0 Å². The number of amides is 2. The Morgan fingerprint density at radius 1 is 1.18 bits per heavy atom. The van der Waals surface area contributed by atoms with Gasteiger partial charge in [0.25, 0.3) is 5.91 Å². The molecule has 2 atom stereocenters. The highest BCUT2D eigenvalue weighted by Gasteiger charge is 2.45. The summed E-state index contributed by atoms with van der Waals surface area (Å²) in [5, 5.41) is 6.87. The number of nitrogens with zero attached hydrogens (tertiary/aromatic N) is 1. The summed E-state index contributed by atoms with van der Waals surface area (Å²) in [5.41, 5.74) is 2.98. The summed E-state index contributed by atoms with van der Waals surface area (Å²) in [6, 6.07) is 7.82. The molecule has 1 aliphatic carbocycles. The summed E-state index contributed by atoms with van der Waals surface area (Å²) in [5.74, 6) is -6.28. The third-order valence-corrected chi connectivity index (χ3v) is 6.36. The largest absolute Gasteiger partial charge is 0.345 e. The molecule has 0 aliphatic heterocycles. The number of rotatable bonds is 12. The van der Waals surface area contributed by atoms with E-state index in [1.807, 2.05) is 6.07 Å². The van der Waals surface area contributed by atoms with Crippen LogP contribution in [-0.2, 0) is 32.1 Å². The van der Waals surface area contributed by atoms with Crippen molar-refractivity contribution in [2.75, 3.05) is 0 Å². The number of hydrogen-bond donors (Lipinski definition) is 2. The molecule has 1 heterocycles. The SMILES string of the molecule is C[C@@H](CC(=O)CC1CC(F)(F)C1)C(=O)N[C@H](Cc1ccccc1)C(=O)C(=O)NCc1cscn1. The van der Waals surface area contributed by atoms with Crippen LogP contribution < -0.4 is 10.6 Å². The summed E-state index contributed by atoms with van der Waals surface area (Å²) in [7, 11) is 0. The molecular weight excluding hydrogens is 464 g/mol. The quantitative estimate of drug-likeness (QED) is 0.444. The lowest BCUT2D eigenvalue weighted by molar-refractivity contribution is -0.141. The highest BCUT2D eigenvalue weighted by atomic mass is 32.1. The van der Waals surface area contributed by atoms with Crippen molar-refractivity contribution >= 4 is 34.7 Å². The molecule has 10 heteroatoms. The normalized spacial score (nSPS) is 16.7. The summed E-state index contributed by atoms with van der Waals surface area (Å²) in [6.07, 6.45) is -0.603. The van der Waals surface area contributed by atoms with Crippen LogP contribution in [0.15, 0.2) is 41.2 Å². The van der Waals surface area contributed by atoms with Gasteiger partial charge in [-0.3, -0.25) is 19.2 Å². The van der Waals surface area contributed by atoms with E-state index in [-0.39, 0.29) is 50.4 Å². The van der Waals surface area contributed by atoms with Gasteiger partial charge in [-0.15, -0.1) is 11.3 Å². The molecule has 0 saturated heterocycles. The van der Waals surface area contributed by atoms with E-state index < -0.39 is 35.5 Å². The Morgan fingerprint density at radius 3 is 2.50 bits per heavy atom. The van der Waals surface area contributed by atoms with Gasteiger partial charge in [0, 0.05) is 43.4 Å². The zero-order valence-electron chi connectivity index (χ0n) is 18.8. The van der Waals surface area contributed by atoms with Gasteiger partial charge in [0.1, 0.15) is 11.8 Å². The molecule has 1 aromatic carbocycles. The molecule has 2 N–H and O–H groups in total. The number of nitrogens with one attached hydrogen (secondary N) is 2. The van der Waals surface area contributed by atoms with Gasteiger partial charge < -0.3 is 10.6 Å². The average molecular weight is 492 g/mol. The molecular formula is C24H27F2N3O4S. The maximum Gasteiger partial charge on any atom is 0.289 e. The van der Waals surface area contributed by atoms with Crippen LogP contribution in [0.2, 0.25) is 0 Å². The second kappa shape index (κ2) is 11.4. The Kier molecular flexibility index (Phi) is 8.60. The van der Waals surface area contributed by atoms with Crippen LogP contribution in [0.25, 0.3) is 0 Å². The smallest absolute Gasteiger partial charge is 0.289 e. The Hall–Kier alpha value is -3.01. The van der Waals surface area contributed by atoms with E-state index in [0.717, 1.165) is 5.56 Å². The van der Waals surface area contributed by atoms with Crippen LogP contribution in [0, 0.1) is 11.8 Å². The van der Waals surface area contributed by atoms with Gasteiger partial charge in [-0.05, 0) is 11.5 Å². The van der Waals surface area contributed by atoms with Crippen molar-refractivity contribution in [3.63, 3.8) is 0 Å². The highest BCUT2D eigenvalue weighted by Crippen LogP contribution is 2.44. The molecule has 1 saturated carbocycles. The summed E-state index contributed by atoms with van der Waals surface area (Å²) >= 11 is 1.36. The Bertz CT molecular complexity index is 1010. The van der Waals surface area contributed by atoms with Crippen molar-refractivity contribution in [1.29, 1.82) is 0 Å². The first-order valence-electron chi connectivity index (χ1n) is 11.1. The van der Waals surface area contributed by atoms with E-state index >= 15 is 0 Å². The molecule has 0 unspecified atom stereocenters. The second-order valence-corrected chi connectivity index (χ2v) is 9.47. The van der Waals surface area contributed by atoms with Crippen molar-refractivity contribution in [2.24, 2.45) is 11.8 Å². The number of halogens is 2. The first kappa shape index (κ1) is 25.6. The van der Waals surface area contributed by atoms with Crippen LogP contribution in [0.3, 0.4) is 0 Å². The molecule has 3 rings (SSSR count). The Balaban J connectivity index is 1.58. The van der Waals surface area contributed by atoms with E-state index in [1.54, 1.807) is 35.2 Å². The van der Waals surface area contributed by atoms with Gasteiger partial charge in [0.2, 0.25) is 17.6 Å². The minimum absolute atomic E-state index is 0.0125. The molecule has 2 aromatic rings. The van der Waals surface area contributed by atoms with Gasteiger partial charge in [-0.2, -0.15) is 0 Å². The lowest BCUT2D eigenvalue weighted by Crippen LogP contribution is -2.50. The minimum Gasteiger partial charge on any atom is -0.345 e. The Labute approximate surface area is 200 Å². The van der Waals surface area contributed by atoms with Gasteiger partial charge in [-0.25, -0.2) is 13.8 Å². The average Bonchev–Trinajstić information content (AvgIpc) is 3.29. The molecule has 182 valence electrons. The molecule has 1 aromatic heterocycles. The third-order valence-electron chi connectivity index (χ3n) is 5.73. The second-order valence-electron chi connectivity index (χ2n) is 8.76. The standard InChI is InChI=1S/C24H27F2N3O4S/c1-15(7-19(30)8-17-10-24(25,26)11-17)22(32)29-20(9-16-5-3-2-4-6-16)21(31)23(33)27-12-18-13-34-14-28-18/h2-6,13-15,17,20H,7-12H2,1H3,(H,27,33)(H,29,32)/t15-,20+/m0/s1. The molecule has 0 bridgehead atoms. The molecule has 2 amide bonds. The molecule has 1 fully saturated rings. The number of benzene rings is 1. The predicted octanol–water partition coefficient (Wildman–Crippen LogP) is 3.09. The lowest BCUT2D eigenvalue weighted by atomic mass is 9.77. The van der Waals surface area contributed by atoms with E-state index in [2.05, 4.69) is 15.6 Å². The third kappa shape index (κ3) is 7.51. The summed E-state index contributed by atoms with van der Waals surface area (Å²) in [4.78, 5) is 54.3. The fourth-order valence-corrected chi connectivity index (χ4v) is 4.44. The van der Waals surface area contributed by atoms with Crippen molar-refractivity contribution in [3.8, 4) is 0 Å². The molecule has 34 heavy (non-hydrogen) atoms. The number of alkyl halides is 2.